The molecule has 0 aliphatic rings. The van der Waals surface area contributed by atoms with Crippen molar-refractivity contribution in [1.82, 2.24) is 5.32 Å². The topological polar surface area (TPSA) is 85.3 Å². The predicted octanol–water partition coefficient (Wildman–Crippen LogP) is 2.07. The zero-order valence-electron chi connectivity index (χ0n) is 15.9. The molecule has 2 aromatic rings. The lowest BCUT2D eigenvalue weighted by atomic mass is 10.1. The second kappa shape index (κ2) is 15.8. The summed E-state index contributed by atoms with van der Waals surface area (Å²) in [4.78, 5) is 21.4. The summed E-state index contributed by atoms with van der Waals surface area (Å²) in [6, 6.07) is 14.0. The van der Waals surface area contributed by atoms with E-state index in [9.17, 15) is 9.59 Å². The Morgan fingerprint density at radius 1 is 1.15 bits per heavy atom. The highest BCUT2D eigenvalue weighted by atomic mass is 16.5. The van der Waals surface area contributed by atoms with Gasteiger partial charge in [0.25, 0.3) is 19.1 Å². The minimum absolute atomic E-state index is 0.108. The van der Waals surface area contributed by atoms with Crippen molar-refractivity contribution in [3.05, 3.63) is 66.0 Å². The molecule has 1 aromatic heterocycles. The number of rotatable bonds is 7. The number of pyridine rings is 1. The first-order chi connectivity index (χ1) is 12.7. The zero-order chi connectivity index (χ0) is 19.6. The monoisotopic (exact) mass is 360 g/mol. The molecular weight excluding hydrogens is 330 g/mol. The molecule has 6 nitrogen and oxygen atoms in total. The molecule has 0 atom stereocenters. The number of amides is 1. The van der Waals surface area contributed by atoms with Gasteiger partial charge in [-0.05, 0) is 32.0 Å². The quantitative estimate of drug-likeness (QED) is 0.585. The number of nitrogens with zero attached hydrogens (tertiary/aromatic N) is 1. The third-order valence-electron chi connectivity index (χ3n) is 3.13. The summed E-state index contributed by atoms with van der Waals surface area (Å²) >= 11 is 0. The Hall–Kier alpha value is -2.73. The third kappa shape index (κ3) is 10.2. The second-order valence-corrected chi connectivity index (χ2v) is 5.09. The Bertz CT molecular complexity index is 619. The summed E-state index contributed by atoms with van der Waals surface area (Å²) in [7, 11) is 1.50. The first kappa shape index (κ1) is 23.3. The van der Waals surface area contributed by atoms with Gasteiger partial charge in [0.2, 0.25) is 0 Å². The van der Waals surface area contributed by atoms with Crippen molar-refractivity contribution in [3.63, 3.8) is 0 Å². The number of nitrogens with one attached hydrogen (secondary N) is 1. The first-order valence-electron chi connectivity index (χ1n) is 8.65. The summed E-state index contributed by atoms with van der Waals surface area (Å²) in [6.45, 7) is 5.11. The lowest BCUT2D eigenvalue weighted by Gasteiger charge is -2.00. The summed E-state index contributed by atoms with van der Waals surface area (Å²) in [5.74, 6) is -0.141. The minimum Gasteiger partial charge on any atom is -0.407 e. The Balaban J connectivity index is 0.000000484. The number of aromatic nitrogens is 1. The van der Waals surface area contributed by atoms with Gasteiger partial charge in [0, 0.05) is 12.6 Å². The Labute approximate surface area is 156 Å². The summed E-state index contributed by atoms with van der Waals surface area (Å²) in [5, 5.41) is 2.68. The van der Waals surface area contributed by atoms with Crippen molar-refractivity contribution in [2.75, 3.05) is 13.6 Å². The molecule has 2 rings (SSSR count). The highest BCUT2D eigenvalue weighted by Gasteiger charge is 2.09. The van der Waals surface area contributed by atoms with Crippen molar-refractivity contribution in [2.24, 2.45) is 5.73 Å². The lowest BCUT2D eigenvalue weighted by molar-refractivity contribution is -0.727. The highest BCUT2D eigenvalue weighted by Crippen LogP contribution is 2.00. The van der Waals surface area contributed by atoms with Crippen molar-refractivity contribution >= 4 is 12.4 Å². The highest BCUT2D eigenvalue weighted by molar-refractivity contribution is 5.93. The van der Waals surface area contributed by atoms with Crippen LogP contribution in [-0.2, 0) is 22.7 Å². The number of nitrogens with two attached hydrogens (primary N) is 1. The van der Waals surface area contributed by atoms with Crippen molar-refractivity contribution in [3.8, 4) is 0 Å². The normalized spacial score (nSPS) is 8.92. The van der Waals surface area contributed by atoms with E-state index in [-0.39, 0.29) is 12.6 Å². The van der Waals surface area contributed by atoms with Gasteiger partial charge in [-0.25, -0.2) is 0 Å². The van der Waals surface area contributed by atoms with Crippen LogP contribution in [0, 0.1) is 0 Å². The maximum Gasteiger partial charge on any atom is 0.297 e. The lowest BCUT2D eigenvalue weighted by Crippen LogP contribution is -2.36. The van der Waals surface area contributed by atoms with Crippen molar-refractivity contribution in [1.29, 1.82) is 0 Å². The molecule has 0 saturated carbocycles. The zero-order valence-corrected chi connectivity index (χ0v) is 15.9. The van der Waals surface area contributed by atoms with E-state index < -0.39 is 0 Å². The van der Waals surface area contributed by atoms with Gasteiger partial charge in [-0.3, -0.25) is 9.59 Å². The van der Waals surface area contributed by atoms with Crippen LogP contribution in [0.25, 0.3) is 0 Å². The molecule has 142 valence electrons. The smallest absolute Gasteiger partial charge is 0.297 e. The Morgan fingerprint density at radius 3 is 2.42 bits per heavy atom. The number of benzene rings is 1. The van der Waals surface area contributed by atoms with Crippen LogP contribution in [-0.4, -0.2) is 26.0 Å². The summed E-state index contributed by atoms with van der Waals surface area (Å²) in [5.41, 5.74) is 6.48. The molecule has 0 saturated heterocycles. The van der Waals surface area contributed by atoms with Crippen LogP contribution in [0.3, 0.4) is 0 Å². The minimum atomic E-state index is -0.141. The molecule has 26 heavy (non-hydrogen) atoms. The fraction of sp³-hybridized carbons (Fsp3) is 0.350. The molecule has 1 amide bonds. The average molecular weight is 360 g/mol. The molecule has 1 aromatic carbocycles. The number of carbonyl (C=O) groups excluding carboxylic acids is 2. The number of aryl methyl sites for hydroxylation is 1. The maximum absolute atomic E-state index is 11.4. The van der Waals surface area contributed by atoms with E-state index in [1.807, 2.05) is 6.92 Å². The Morgan fingerprint density at radius 2 is 1.85 bits per heavy atom. The van der Waals surface area contributed by atoms with Crippen LogP contribution in [0.2, 0.25) is 0 Å². The van der Waals surface area contributed by atoms with E-state index >= 15 is 0 Å². The van der Waals surface area contributed by atoms with Crippen LogP contribution in [0.4, 0.5) is 0 Å². The van der Waals surface area contributed by atoms with Crippen molar-refractivity contribution in [2.45, 2.75) is 33.4 Å². The Kier molecular flexibility index (Phi) is 14.1. The van der Waals surface area contributed by atoms with Gasteiger partial charge in [-0.1, -0.05) is 43.7 Å². The van der Waals surface area contributed by atoms with E-state index in [2.05, 4.69) is 53.0 Å². The van der Waals surface area contributed by atoms with Gasteiger partial charge in [-0.2, -0.15) is 4.57 Å². The second-order valence-electron chi connectivity index (χ2n) is 5.09. The third-order valence-corrected chi connectivity index (χ3v) is 3.13. The molecule has 0 aliphatic carbocycles. The van der Waals surface area contributed by atoms with Gasteiger partial charge in [-0.15, -0.1) is 0 Å². The van der Waals surface area contributed by atoms with Crippen LogP contribution < -0.4 is 15.6 Å². The number of ether oxygens (including phenoxy) is 1. The molecule has 0 fully saturated rings. The van der Waals surface area contributed by atoms with Crippen molar-refractivity contribution < 1.29 is 18.9 Å². The predicted molar refractivity (Wildman–Crippen MR) is 102 cm³/mol. The molecule has 6 heteroatoms. The van der Waals surface area contributed by atoms with E-state index in [0.29, 0.717) is 18.6 Å². The molecule has 0 aliphatic heterocycles. The van der Waals surface area contributed by atoms with E-state index in [0.717, 1.165) is 0 Å². The fourth-order valence-corrected chi connectivity index (χ4v) is 2.05. The van der Waals surface area contributed by atoms with Gasteiger partial charge >= 0.3 is 0 Å². The molecule has 0 radical (unpaired) electrons. The summed E-state index contributed by atoms with van der Waals surface area (Å²) < 4.78 is 6.18. The average Bonchev–Trinajstić information content (AvgIpc) is 2.70. The van der Waals surface area contributed by atoms with Crippen LogP contribution in [0.1, 0.15) is 36.2 Å². The number of carbonyl (C=O) groups is 2. The largest absolute Gasteiger partial charge is 0.407 e. The van der Waals surface area contributed by atoms with E-state index in [4.69, 9.17) is 0 Å². The van der Waals surface area contributed by atoms with Gasteiger partial charge in [0.05, 0.1) is 0 Å². The number of hydrogen-bond acceptors (Lipinski definition) is 4. The molecule has 3 N–H and O–H groups in total. The first-order valence-corrected chi connectivity index (χ1v) is 8.65. The summed E-state index contributed by atoms with van der Waals surface area (Å²) in [6.07, 6.45) is 5.78. The molecule has 0 bridgehead atoms. The van der Waals surface area contributed by atoms with Crippen LogP contribution >= 0.6 is 0 Å². The van der Waals surface area contributed by atoms with Gasteiger partial charge in [0.1, 0.15) is 5.56 Å². The fourth-order valence-electron chi connectivity index (χ4n) is 2.05. The standard InChI is InChI=1S/C10H12N2O3.C9H12.CH5N/c1-2-11-10(14)9-4-3-5-12(6-9)7-15-8-13;1-2-6-9-7-4-3-5-8-9;1-2/h3-6,8H,2,7H2,1H3;3-5,7-8H,2,6H2,1H3;2H2,1H3/p+1. The molecule has 0 spiro atoms. The SMILES string of the molecule is CCCc1ccccc1.CCNC(=O)c1ccc[n+](COC=O)c1.CN. The maximum atomic E-state index is 11.4. The molecule has 0 unspecified atom stereocenters. The van der Waals surface area contributed by atoms with Gasteiger partial charge < -0.3 is 15.8 Å². The number of hydrogen-bond donors (Lipinski definition) is 2. The van der Waals surface area contributed by atoms with Crippen LogP contribution in [0.5, 0.6) is 0 Å². The van der Waals surface area contributed by atoms with E-state index in [1.54, 1.807) is 29.1 Å². The molecular formula is C20H30N3O3+. The van der Waals surface area contributed by atoms with E-state index in [1.165, 1.54) is 25.5 Å². The van der Waals surface area contributed by atoms with Crippen LogP contribution in [0.15, 0.2) is 54.9 Å². The molecule has 1 heterocycles. The van der Waals surface area contributed by atoms with Gasteiger partial charge in [0.15, 0.2) is 12.4 Å².